The molecule has 0 aliphatic carbocycles. The van der Waals surface area contributed by atoms with Crippen LogP contribution in [0.4, 0.5) is 0 Å². The van der Waals surface area contributed by atoms with Crippen LogP contribution in [0.3, 0.4) is 0 Å². The van der Waals surface area contributed by atoms with E-state index in [1.807, 2.05) is 0 Å². The number of piperidine rings is 1. The second-order valence-corrected chi connectivity index (χ2v) is 8.65. The fourth-order valence-corrected chi connectivity index (χ4v) is 4.48. The summed E-state index contributed by atoms with van der Waals surface area (Å²) in [5, 5.41) is 6.30. The van der Waals surface area contributed by atoms with Crippen molar-refractivity contribution in [1.29, 1.82) is 0 Å². The van der Waals surface area contributed by atoms with Crippen LogP contribution in [-0.4, -0.2) is 58.3 Å². The van der Waals surface area contributed by atoms with E-state index in [-0.39, 0.29) is 35.2 Å². The average molecular weight is 401 g/mol. The Morgan fingerprint density at radius 1 is 1.31 bits per heavy atom. The molecule has 1 aromatic carbocycles. The SMILES string of the molecule is CN(CC(=O)NCC1(C)CCNCC1)C1=NS(=O)(=O)c2ccccc21.Cl. The Bertz CT molecular complexity index is 804. The summed E-state index contributed by atoms with van der Waals surface area (Å²) < 4.78 is 28.0. The van der Waals surface area contributed by atoms with Gasteiger partial charge in [0.05, 0.1) is 6.54 Å². The third-order valence-electron chi connectivity index (χ3n) is 4.88. The highest BCUT2D eigenvalue weighted by Gasteiger charge is 2.31. The van der Waals surface area contributed by atoms with E-state index in [9.17, 15) is 13.2 Å². The molecule has 1 saturated heterocycles. The van der Waals surface area contributed by atoms with Gasteiger partial charge in [-0.1, -0.05) is 19.1 Å². The monoisotopic (exact) mass is 400 g/mol. The van der Waals surface area contributed by atoms with Crippen molar-refractivity contribution >= 4 is 34.2 Å². The minimum atomic E-state index is -3.67. The van der Waals surface area contributed by atoms with Gasteiger partial charge in [0.25, 0.3) is 10.0 Å². The van der Waals surface area contributed by atoms with E-state index in [1.165, 1.54) is 6.07 Å². The van der Waals surface area contributed by atoms with Crippen molar-refractivity contribution in [3.63, 3.8) is 0 Å². The van der Waals surface area contributed by atoms with Crippen molar-refractivity contribution in [3.8, 4) is 0 Å². The second kappa shape index (κ2) is 7.94. The molecule has 0 aromatic heterocycles. The molecular formula is C17H25ClN4O3S. The summed E-state index contributed by atoms with van der Waals surface area (Å²) in [5.41, 5.74) is 0.656. The maximum absolute atomic E-state index is 12.3. The van der Waals surface area contributed by atoms with Crippen LogP contribution in [0.1, 0.15) is 25.3 Å². The van der Waals surface area contributed by atoms with Gasteiger partial charge in [0.2, 0.25) is 5.91 Å². The van der Waals surface area contributed by atoms with Crippen LogP contribution in [0, 0.1) is 5.41 Å². The molecule has 2 aliphatic rings. The molecule has 3 rings (SSSR count). The summed E-state index contributed by atoms with van der Waals surface area (Å²) in [5.74, 6) is 0.186. The summed E-state index contributed by atoms with van der Waals surface area (Å²) in [4.78, 5) is 14.1. The first-order chi connectivity index (χ1) is 11.8. The molecule has 1 aromatic rings. The van der Waals surface area contributed by atoms with Gasteiger partial charge in [0.1, 0.15) is 4.90 Å². The number of carbonyl (C=O) groups excluding carboxylic acids is 1. The number of rotatable bonds is 4. The van der Waals surface area contributed by atoms with E-state index in [2.05, 4.69) is 22.0 Å². The lowest BCUT2D eigenvalue weighted by atomic mass is 9.81. The van der Waals surface area contributed by atoms with Gasteiger partial charge < -0.3 is 15.5 Å². The molecule has 0 radical (unpaired) electrons. The van der Waals surface area contributed by atoms with E-state index < -0.39 is 10.0 Å². The van der Waals surface area contributed by atoms with Gasteiger partial charge in [-0.2, -0.15) is 8.42 Å². The molecule has 26 heavy (non-hydrogen) atoms. The molecule has 2 aliphatic heterocycles. The third-order valence-corrected chi connectivity index (χ3v) is 6.20. The van der Waals surface area contributed by atoms with Crippen molar-refractivity contribution in [1.82, 2.24) is 15.5 Å². The molecule has 2 heterocycles. The summed E-state index contributed by atoms with van der Waals surface area (Å²) >= 11 is 0. The molecule has 0 spiro atoms. The van der Waals surface area contributed by atoms with Gasteiger partial charge in [-0.25, -0.2) is 0 Å². The van der Waals surface area contributed by atoms with Crippen LogP contribution < -0.4 is 10.6 Å². The number of sulfonamides is 1. The van der Waals surface area contributed by atoms with E-state index in [0.717, 1.165) is 25.9 Å². The van der Waals surface area contributed by atoms with Crippen molar-refractivity contribution in [2.75, 3.05) is 33.2 Å². The summed E-state index contributed by atoms with van der Waals surface area (Å²) in [6, 6.07) is 6.68. The van der Waals surface area contributed by atoms with E-state index in [4.69, 9.17) is 0 Å². The van der Waals surface area contributed by atoms with Gasteiger partial charge >= 0.3 is 0 Å². The number of amidine groups is 1. The van der Waals surface area contributed by atoms with Crippen molar-refractivity contribution in [2.24, 2.45) is 9.81 Å². The van der Waals surface area contributed by atoms with Crippen LogP contribution in [0.5, 0.6) is 0 Å². The topological polar surface area (TPSA) is 90.9 Å². The van der Waals surface area contributed by atoms with Crippen molar-refractivity contribution in [3.05, 3.63) is 29.8 Å². The Morgan fingerprint density at radius 2 is 1.96 bits per heavy atom. The molecule has 2 N–H and O–H groups in total. The fraction of sp³-hybridized carbons (Fsp3) is 0.529. The first-order valence-corrected chi connectivity index (χ1v) is 9.88. The van der Waals surface area contributed by atoms with E-state index in [1.54, 1.807) is 30.1 Å². The Balaban J connectivity index is 0.00000243. The predicted octanol–water partition coefficient (Wildman–Crippen LogP) is 0.995. The number of halogens is 1. The number of hydrogen-bond acceptors (Lipinski definition) is 5. The van der Waals surface area contributed by atoms with Gasteiger partial charge in [-0.3, -0.25) is 4.79 Å². The number of benzene rings is 1. The maximum atomic E-state index is 12.3. The quantitative estimate of drug-likeness (QED) is 0.786. The second-order valence-electron chi connectivity index (χ2n) is 7.08. The number of fused-ring (bicyclic) bond motifs is 1. The smallest absolute Gasteiger partial charge is 0.285 e. The molecule has 1 fully saturated rings. The molecule has 7 nitrogen and oxygen atoms in total. The van der Waals surface area contributed by atoms with Crippen LogP contribution in [-0.2, 0) is 14.8 Å². The standard InChI is InChI=1S/C17H24N4O3S.ClH/c1-17(7-9-18-10-8-17)12-19-15(22)11-21(2)16-13-5-3-4-6-14(13)25(23,24)20-16;/h3-6,18H,7-12H2,1-2H3,(H,19,22);1H. The molecule has 144 valence electrons. The molecule has 0 saturated carbocycles. The lowest BCUT2D eigenvalue weighted by Gasteiger charge is -2.34. The minimum Gasteiger partial charge on any atom is -0.354 e. The predicted molar refractivity (Wildman–Crippen MR) is 103 cm³/mol. The molecule has 0 unspecified atom stereocenters. The van der Waals surface area contributed by atoms with Gasteiger partial charge in [-0.15, -0.1) is 16.8 Å². The molecule has 9 heteroatoms. The average Bonchev–Trinajstić information content (AvgIpc) is 2.86. The molecule has 1 amide bonds. The normalized spacial score (nSPS) is 19.7. The lowest BCUT2D eigenvalue weighted by molar-refractivity contribution is -0.121. The zero-order valence-electron chi connectivity index (χ0n) is 15.0. The molecular weight excluding hydrogens is 376 g/mol. The Kier molecular flexibility index (Phi) is 6.31. The number of nitrogens with zero attached hydrogens (tertiary/aromatic N) is 2. The van der Waals surface area contributed by atoms with Gasteiger partial charge in [0.15, 0.2) is 5.84 Å². The number of likely N-dealkylation sites (N-methyl/N-ethyl adjacent to an activating group) is 1. The zero-order chi connectivity index (χ0) is 18.1. The summed E-state index contributed by atoms with van der Waals surface area (Å²) in [6.45, 7) is 4.82. The minimum absolute atomic E-state index is 0. The largest absolute Gasteiger partial charge is 0.354 e. The Morgan fingerprint density at radius 3 is 2.65 bits per heavy atom. The Labute approximate surface area is 160 Å². The van der Waals surface area contributed by atoms with E-state index >= 15 is 0 Å². The summed E-state index contributed by atoms with van der Waals surface area (Å²) in [7, 11) is -1.98. The van der Waals surface area contributed by atoms with Crippen molar-refractivity contribution < 1.29 is 13.2 Å². The van der Waals surface area contributed by atoms with Crippen LogP contribution >= 0.6 is 12.4 Å². The first kappa shape index (κ1) is 20.7. The zero-order valence-corrected chi connectivity index (χ0v) is 16.6. The first-order valence-electron chi connectivity index (χ1n) is 8.44. The van der Waals surface area contributed by atoms with Crippen molar-refractivity contribution in [2.45, 2.75) is 24.7 Å². The van der Waals surface area contributed by atoms with Crippen LogP contribution in [0.2, 0.25) is 0 Å². The molecule has 0 atom stereocenters. The fourth-order valence-electron chi connectivity index (χ4n) is 3.23. The van der Waals surface area contributed by atoms with Gasteiger partial charge in [0, 0.05) is 19.2 Å². The number of amides is 1. The lowest BCUT2D eigenvalue weighted by Crippen LogP contribution is -2.45. The summed E-state index contributed by atoms with van der Waals surface area (Å²) in [6.07, 6.45) is 2.06. The highest BCUT2D eigenvalue weighted by molar-refractivity contribution is 7.90. The number of nitrogens with one attached hydrogen (secondary N) is 2. The maximum Gasteiger partial charge on any atom is 0.285 e. The van der Waals surface area contributed by atoms with Crippen LogP contribution in [0.15, 0.2) is 33.6 Å². The Hall–Kier alpha value is -1.64. The van der Waals surface area contributed by atoms with E-state index in [0.29, 0.717) is 17.9 Å². The third kappa shape index (κ3) is 4.36. The van der Waals surface area contributed by atoms with Gasteiger partial charge in [-0.05, 0) is 43.5 Å². The number of carbonyl (C=O) groups is 1. The highest BCUT2D eigenvalue weighted by Crippen LogP contribution is 2.27. The highest BCUT2D eigenvalue weighted by atomic mass is 35.5. The molecule has 0 bridgehead atoms. The number of hydrogen-bond donors (Lipinski definition) is 2. The van der Waals surface area contributed by atoms with Crippen LogP contribution in [0.25, 0.3) is 0 Å².